The number of ether oxygens (including phenoxy) is 1. The normalized spacial score (nSPS) is 14.3. The van der Waals surface area contributed by atoms with E-state index in [-0.39, 0.29) is 36.7 Å². The van der Waals surface area contributed by atoms with Crippen molar-refractivity contribution in [3.8, 4) is 23.5 Å². The first-order chi connectivity index (χ1) is 16.8. The van der Waals surface area contributed by atoms with Crippen molar-refractivity contribution in [3.63, 3.8) is 0 Å². The first-order valence-electron chi connectivity index (χ1n) is 10.6. The predicted octanol–water partition coefficient (Wildman–Crippen LogP) is 2.31. The predicted molar refractivity (Wildman–Crippen MR) is 136 cm³/mol. The largest absolute Gasteiger partial charge is 0.480 e. The molecule has 1 unspecified atom stereocenters. The summed E-state index contributed by atoms with van der Waals surface area (Å²) in [4.78, 5) is 38.6. The van der Waals surface area contributed by atoms with Gasteiger partial charge in [0.1, 0.15) is 25.6 Å². The van der Waals surface area contributed by atoms with Crippen LogP contribution >= 0.6 is 6.64 Å². The zero-order chi connectivity index (χ0) is 25.0. The number of benzene rings is 2. The van der Waals surface area contributed by atoms with Gasteiger partial charge < -0.3 is 30.1 Å². The fraction of sp³-hybridized carbons (Fsp3) is 0.208. The number of aromatic nitrogens is 2. The van der Waals surface area contributed by atoms with E-state index >= 15 is 0 Å². The fourth-order valence-corrected chi connectivity index (χ4v) is 5.24. The van der Waals surface area contributed by atoms with Gasteiger partial charge in [-0.25, -0.2) is 14.6 Å². The Labute approximate surface area is 212 Å². The van der Waals surface area contributed by atoms with Crippen LogP contribution in [0.3, 0.4) is 0 Å². The number of carbonyl (C=O) groups is 2. The highest BCUT2D eigenvalue weighted by Crippen LogP contribution is 2.45. The highest BCUT2D eigenvalue weighted by molar-refractivity contribution is 8.08. The molecule has 0 aliphatic heterocycles. The molecule has 2 aromatic carbocycles. The number of amides is 1. The average Bonchev–Trinajstić information content (AvgIpc) is 3.44. The Bertz CT molecular complexity index is 1310. The summed E-state index contributed by atoms with van der Waals surface area (Å²) in [5.41, 5.74) is 4.56. The molecule has 4 rings (SSSR count). The summed E-state index contributed by atoms with van der Waals surface area (Å²) in [5, 5.41) is 12.0. The third-order valence-corrected chi connectivity index (χ3v) is 7.73. The van der Waals surface area contributed by atoms with Crippen LogP contribution in [-0.2, 0) is 32.3 Å². The Morgan fingerprint density at radius 3 is 2.39 bits per heavy atom. The number of hydrogen-bond acceptors (Lipinski definition) is 6. The molecule has 2 atom stereocenters. The lowest BCUT2D eigenvalue weighted by Crippen LogP contribution is -2.43. The van der Waals surface area contributed by atoms with Crippen molar-refractivity contribution >= 4 is 30.5 Å². The molecule has 1 aliphatic rings. The zero-order valence-electron chi connectivity index (χ0n) is 18.9. The van der Waals surface area contributed by atoms with Gasteiger partial charge in [-0.3, -0.25) is 4.34 Å². The first kappa shape index (κ1) is 27.1. The second-order valence-corrected chi connectivity index (χ2v) is 10.9. The van der Waals surface area contributed by atoms with Gasteiger partial charge in [-0.2, -0.15) is 0 Å². The number of fused-ring (bicyclic) bond motifs is 3. The SMILES string of the molecule is C#CCOP(O)(=S)n1cnc(C[C@H](NC(=O)OCC2c3ccccc3-c3ccccc32)C(=O)O)c1.O. The number of nitrogens with zero attached hydrogens (tertiary/aromatic N) is 2. The maximum absolute atomic E-state index is 12.5. The lowest BCUT2D eigenvalue weighted by Gasteiger charge is -2.17. The molecule has 10 nitrogen and oxygen atoms in total. The molecule has 3 aromatic rings. The summed E-state index contributed by atoms with van der Waals surface area (Å²) >= 11 is 5.03. The summed E-state index contributed by atoms with van der Waals surface area (Å²) in [6.45, 7) is -3.55. The number of carbonyl (C=O) groups excluding carboxylic acids is 1. The molecule has 1 aliphatic carbocycles. The van der Waals surface area contributed by atoms with E-state index in [2.05, 4.69) is 16.2 Å². The minimum atomic E-state index is -3.43. The Morgan fingerprint density at radius 1 is 1.19 bits per heavy atom. The summed E-state index contributed by atoms with van der Waals surface area (Å²) in [6.07, 6.45) is 6.71. The molecule has 36 heavy (non-hydrogen) atoms. The molecule has 1 aromatic heterocycles. The lowest BCUT2D eigenvalue weighted by molar-refractivity contribution is -0.139. The number of carboxylic acid groups (broad SMARTS) is 1. The number of aliphatic carboxylic acids is 1. The van der Waals surface area contributed by atoms with E-state index in [0.717, 1.165) is 22.3 Å². The van der Waals surface area contributed by atoms with Crippen LogP contribution in [0.2, 0.25) is 0 Å². The van der Waals surface area contributed by atoms with E-state index in [4.69, 9.17) is 27.5 Å². The molecule has 0 bridgehead atoms. The molecule has 0 fully saturated rings. The second kappa shape index (κ2) is 11.5. The standard InChI is InChI=1S/C24H22N3O6PS.H2O/c1-2-11-33-34(31,35)27-13-16(25-15-27)12-22(23(28)29)26-24(30)32-14-21-19-9-5-3-7-17(19)18-8-4-6-10-20(18)21;/h1,3-10,13,15,21-22H,11-12,14H2,(H,26,30)(H,28,29)(H,31,35);1H2/t22-,34?;/m0./s1. The van der Waals surface area contributed by atoms with Gasteiger partial charge in [0.25, 0.3) is 6.64 Å². The summed E-state index contributed by atoms with van der Waals surface area (Å²) in [5.74, 6) is 0.805. The zero-order valence-corrected chi connectivity index (χ0v) is 20.6. The van der Waals surface area contributed by atoms with Crippen LogP contribution in [0.5, 0.6) is 0 Å². The van der Waals surface area contributed by atoms with Crippen LogP contribution in [-0.4, -0.2) is 56.1 Å². The van der Waals surface area contributed by atoms with Gasteiger partial charge >= 0.3 is 12.1 Å². The van der Waals surface area contributed by atoms with Crippen molar-refractivity contribution in [2.45, 2.75) is 18.4 Å². The van der Waals surface area contributed by atoms with Crippen LogP contribution in [0, 0.1) is 12.3 Å². The monoisotopic (exact) mass is 529 g/mol. The van der Waals surface area contributed by atoms with Gasteiger partial charge in [0, 0.05) is 18.5 Å². The van der Waals surface area contributed by atoms with Crippen LogP contribution in [0.15, 0.2) is 61.1 Å². The van der Waals surface area contributed by atoms with E-state index in [1.807, 2.05) is 48.5 Å². The van der Waals surface area contributed by atoms with E-state index in [1.165, 1.54) is 16.9 Å². The average molecular weight is 530 g/mol. The van der Waals surface area contributed by atoms with Crippen LogP contribution in [0.4, 0.5) is 4.79 Å². The summed E-state index contributed by atoms with van der Waals surface area (Å²) < 4.78 is 11.7. The third-order valence-electron chi connectivity index (χ3n) is 5.58. The first-order valence-corrected chi connectivity index (χ1v) is 13.2. The van der Waals surface area contributed by atoms with E-state index < -0.39 is 24.7 Å². The minimum absolute atomic E-state index is 0. The number of nitrogens with one attached hydrogen (secondary N) is 1. The Morgan fingerprint density at radius 2 is 1.81 bits per heavy atom. The Balaban J connectivity index is 0.00000361. The highest BCUT2D eigenvalue weighted by Gasteiger charge is 2.30. The van der Waals surface area contributed by atoms with Gasteiger partial charge in [0.05, 0.1) is 5.69 Å². The molecular weight excluding hydrogens is 505 g/mol. The molecule has 0 spiro atoms. The summed E-state index contributed by atoms with van der Waals surface area (Å²) in [7, 11) is 0. The minimum Gasteiger partial charge on any atom is -0.480 e. The highest BCUT2D eigenvalue weighted by atomic mass is 32.5. The quantitative estimate of drug-likeness (QED) is 0.282. The topological polar surface area (TPSA) is 154 Å². The number of terminal acetylenes is 1. The van der Waals surface area contributed by atoms with Crippen molar-refractivity contribution in [1.82, 2.24) is 14.6 Å². The molecule has 1 heterocycles. The number of imidazole rings is 1. The van der Waals surface area contributed by atoms with E-state index in [9.17, 15) is 19.6 Å². The van der Waals surface area contributed by atoms with E-state index in [1.54, 1.807) is 0 Å². The van der Waals surface area contributed by atoms with E-state index in [0.29, 0.717) is 0 Å². The number of hydrogen-bond donors (Lipinski definition) is 3. The van der Waals surface area contributed by atoms with Gasteiger partial charge in [-0.15, -0.1) is 6.42 Å². The molecule has 0 saturated heterocycles. The fourth-order valence-electron chi connectivity index (χ4n) is 3.98. The molecular formula is C24H24N3O7PS. The molecule has 1 amide bonds. The van der Waals surface area contributed by atoms with Crippen LogP contribution in [0.1, 0.15) is 22.7 Å². The maximum Gasteiger partial charge on any atom is 0.407 e. The Kier molecular flexibility index (Phi) is 8.63. The molecule has 12 heteroatoms. The number of alkyl carbamates (subject to hydrolysis) is 1. The van der Waals surface area contributed by atoms with Crippen LogP contribution in [0.25, 0.3) is 11.1 Å². The number of carboxylic acids is 1. The smallest absolute Gasteiger partial charge is 0.407 e. The van der Waals surface area contributed by atoms with Gasteiger partial charge in [-0.1, -0.05) is 54.5 Å². The lowest BCUT2D eigenvalue weighted by atomic mass is 9.98. The number of rotatable bonds is 9. The summed E-state index contributed by atoms with van der Waals surface area (Å²) in [6, 6.07) is 14.5. The molecule has 0 saturated carbocycles. The molecule has 5 N–H and O–H groups in total. The third kappa shape index (κ3) is 5.82. The molecule has 188 valence electrons. The Hall–Kier alpha value is -3.52. The second-order valence-electron chi connectivity index (χ2n) is 7.78. The van der Waals surface area contributed by atoms with Crippen molar-refractivity contribution in [1.29, 1.82) is 0 Å². The van der Waals surface area contributed by atoms with Gasteiger partial charge in [0.15, 0.2) is 0 Å². The van der Waals surface area contributed by atoms with Gasteiger partial charge in [-0.05, 0) is 34.1 Å². The van der Waals surface area contributed by atoms with Crippen molar-refractivity contribution in [3.05, 3.63) is 77.9 Å². The van der Waals surface area contributed by atoms with Crippen molar-refractivity contribution in [2.75, 3.05) is 13.2 Å². The van der Waals surface area contributed by atoms with Crippen LogP contribution < -0.4 is 5.32 Å². The maximum atomic E-state index is 12.5. The van der Waals surface area contributed by atoms with Gasteiger partial charge in [0.2, 0.25) is 0 Å². The molecule has 0 radical (unpaired) electrons. The van der Waals surface area contributed by atoms with Crippen molar-refractivity contribution < 1.29 is 34.3 Å². The van der Waals surface area contributed by atoms with Crippen molar-refractivity contribution in [2.24, 2.45) is 0 Å².